The minimum atomic E-state index is -0.502. The molecule has 0 unspecified atom stereocenters. The second-order valence-electron chi connectivity index (χ2n) is 6.33. The van der Waals surface area contributed by atoms with Crippen LogP contribution in [0.25, 0.3) is 0 Å². The lowest BCUT2D eigenvalue weighted by Crippen LogP contribution is -2.44. The van der Waals surface area contributed by atoms with Gasteiger partial charge >= 0.3 is 5.97 Å². The summed E-state index contributed by atoms with van der Waals surface area (Å²) in [6.07, 6.45) is 1.62. The minimum absolute atomic E-state index is 0.283. The maximum Gasteiger partial charge on any atom is 0.337 e. The van der Waals surface area contributed by atoms with Crippen molar-refractivity contribution in [2.45, 2.75) is 0 Å². The smallest absolute Gasteiger partial charge is 0.337 e. The molecular weight excluding hydrogens is 368 g/mol. The summed E-state index contributed by atoms with van der Waals surface area (Å²) in [6.45, 7) is 3.74. The van der Waals surface area contributed by atoms with Crippen LogP contribution < -0.4 is 10.2 Å². The number of pyridine rings is 1. The molecule has 27 heavy (non-hydrogen) atoms. The van der Waals surface area contributed by atoms with Crippen LogP contribution in [-0.2, 0) is 4.74 Å². The van der Waals surface area contributed by atoms with Crippen LogP contribution in [0.2, 0.25) is 5.02 Å². The van der Waals surface area contributed by atoms with Crippen LogP contribution in [0.1, 0.15) is 20.8 Å². The van der Waals surface area contributed by atoms with Gasteiger partial charge in [-0.1, -0.05) is 11.6 Å². The van der Waals surface area contributed by atoms with Gasteiger partial charge in [0.2, 0.25) is 0 Å². The lowest BCUT2D eigenvalue weighted by Gasteiger charge is -2.34. The number of hydrogen-bond acceptors (Lipinski definition) is 6. The number of likely N-dealkylation sites (N-methyl/N-ethyl adjacent to an activating group) is 1. The number of hydrogen-bond donors (Lipinski definition) is 1. The highest BCUT2D eigenvalue weighted by molar-refractivity contribution is 6.34. The Labute approximate surface area is 162 Å². The van der Waals surface area contributed by atoms with E-state index in [1.54, 1.807) is 12.3 Å². The zero-order valence-corrected chi connectivity index (χ0v) is 16.0. The summed E-state index contributed by atoms with van der Waals surface area (Å²) in [5.74, 6) is -0.896. The lowest BCUT2D eigenvalue weighted by molar-refractivity contribution is 0.0600. The molecule has 8 heteroatoms. The first kappa shape index (κ1) is 19.1. The number of carbonyl (C=O) groups is 2. The number of nitrogens with zero attached hydrogens (tertiary/aromatic N) is 3. The first-order valence-corrected chi connectivity index (χ1v) is 8.94. The van der Waals surface area contributed by atoms with Crippen molar-refractivity contribution in [3.63, 3.8) is 0 Å². The molecule has 0 aliphatic carbocycles. The van der Waals surface area contributed by atoms with Gasteiger partial charge in [0.1, 0.15) is 5.69 Å². The number of methoxy groups -OCH3 is 1. The van der Waals surface area contributed by atoms with Gasteiger partial charge in [-0.25, -0.2) is 4.79 Å². The number of benzene rings is 1. The zero-order chi connectivity index (χ0) is 19.4. The Morgan fingerprint density at radius 2 is 1.89 bits per heavy atom. The summed E-state index contributed by atoms with van der Waals surface area (Å²) in [6, 6.07) is 8.22. The van der Waals surface area contributed by atoms with E-state index >= 15 is 0 Å². The second kappa shape index (κ2) is 8.37. The molecule has 1 amide bonds. The predicted molar refractivity (Wildman–Crippen MR) is 105 cm³/mol. The summed E-state index contributed by atoms with van der Waals surface area (Å²) in [5.41, 5.74) is 1.87. The van der Waals surface area contributed by atoms with Gasteiger partial charge in [-0.15, -0.1) is 0 Å². The van der Waals surface area contributed by atoms with E-state index < -0.39 is 11.9 Å². The Morgan fingerprint density at radius 1 is 1.15 bits per heavy atom. The van der Waals surface area contributed by atoms with Crippen molar-refractivity contribution in [2.75, 3.05) is 50.6 Å². The van der Waals surface area contributed by atoms with Gasteiger partial charge < -0.3 is 19.9 Å². The third-order valence-electron chi connectivity index (χ3n) is 4.48. The van der Waals surface area contributed by atoms with Gasteiger partial charge in [0, 0.05) is 38.1 Å². The third kappa shape index (κ3) is 4.56. The number of esters is 1. The summed E-state index contributed by atoms with van der Waals surface area (Å²) >= 11 is 6.14. The molecule has 2 heterocycles. The van der Waals surface area contributed by atoms with E-state index in [2.05, 4.69) is 27.1 Å². The normalized spacial score (nSPS) is 14.7. The Hall–Kier alpha value is -2.64. The van der Waals surface area contributed by atoms with Crippen molar-refractivity contribution >= 4 is 34.9 Å². The number of ether oxygens (including phenoxy) is 1. The summed E-state index contributed by atoms with van der Waals surface area (Å²) in [4.78, 5) is 33.0. The summed E-state index contributed by atoms with van der Waals surface area (Å²) in [5, 5.41) is 3.04. The van der Waals surface area contributed by atoms with Crippen LogP contribution in [0, 0.1) is 0 Å². The molecule has 7 nitrogen and oxygen atoms in total. The fourth-order valence-electron chi connectivity index (χ4n) is 2.86. The molecule has 0 spiro atoms. The number of piperazine rings is 1. The van der Waals surface area contributed by atoms with Crippen LogP contribution in [0.4, 0.5) is 11.4 Å². The van der Waals surface area contributed by atoms with Crippen molar-refractivity contribution in [3.05, 3.63) is 52.8 Å². The highest BCUT2D eigenvalue weighted by Crippen LogP contribution is 2.24. The molecule has 0 radical (unpaired) electrons. The van der Waals surface area contributed by atoms with Crippen LogP contribution in [0.15, 0.2) is 36.5 Å². The summed E-state index contributed by atoms with van der Waals surface area (Å²) in [7, 11) is 3.39. The van der Waals surface area contributed by atoms with Gasteiger partial charge in [-0.3, -0.25) is 9.78 Å². The topological polar surface area (TPSA) is 74.8 Å². The van der Waals surface area contributed by atoms with Crippen LogP contribution >= 0.6 is 11.6 Å². The molecule has 0 atom stereocenters. The van der Waals surface area contributed by atoms with E-state index in [0.29, 0.717) is 16.3 Å². The molecule has 1 aromatic carbocycles. The number of anilines is 2. The Kier molecular flexibility index (Phi) is 5.93. The first-order chi connectivity index (χ1) is 13.0. The Balaban J connectivity index is 1.77. The number of halogens is 1. The number of amides is 1. The average Bonchev–Trinajstić information content (AvgIpc) is 2.69. The second-order valence-corrected chi connectivity index (χ2v) is 6.74. The third-order valence-corrected chi connectivity index (χ3v) is 4.81. The first-order valence-electron chi connectivity index (χ1n) is 8.56. The molecule has 1 fully saturated rings. The van der Waals surface area contributed by atoms with E-state index in [1.165, 1.54) is 25.3 Å². The van der Waals surface area contributed by atoms with E-state index in [1.807, 2.05) is 6.07 Å². The predicted octanol–water partition coefficient (Wildman–Crippen LogP) is 2.53. The van der Waals surface area contributed by atoms with Gasteiger partial charge in [0.15, 0.2) is 0 Å². The molecule has 2 aromatic rings. The van der Waals surface area contributed by atoms with Gasteiger partial charge in [0.25, 0.3) is 5.91 Å². The quantitative estimate of drug-likeness (QED) is 0.811. The van der Waals surface area contributed by atoms with Crippen molar-refractivity contribution in [1.29, 1.82) is 0 Å². The highest BCUT2D eigenvalue weighted by Gasteiger charge is 2.17. The number of rotatable bonds is 4. The molecule has 0 bridgehead atoms. The number of nitrogens with one attached hydrogen (secondary N) is 1. The standard InChI is InChI=1S/C19H21ClN4O3/c1-23-7-9-24(10-8-23)14-5-6-21-17(12-14)18(25)22-16-11-13(19(26)27-2)3-4-15(16)20/h3-6,11-12H,7-10H2,1-2H3,(H,22,25). The molecule has 1 aliphatic heterocycles. The highest BCUT2D eigenvalue weighted by atomic mass is 35.5. The van der Waals surface area contributed by atoms with Crippen molar-refractivity contribution in [3.8, 4) is 0 Å². The molecule has 1 N–H and O–H groups in total. The van der Waals surface area contributed by atoms with Crippen LogP contribution in [-0.4, -0.2) is 62.1 Å². The van der Waals surface area contributed by atoms with Crippen molar-refractivity contribution < 1.29 is 14.3 Å². The lowest BCUT2D eigenvalue weighted by atomic mass is 10.2. The molecule has 1 aromatic heterocycles. The Morgan fingerprint density at radius 3 is 2.59 bits per heavy atom. The van der Waals surface area contributed by atoms with Gasteiger partial charge in [0.05, 0.1) is 23.4 Å². The van der Waals surface area contributed by atoms with Gasteiger partial charge in [-0.05, 0) is 37.4 Å². The monoisotopic (exact) mass is 388 g/mol. The molecule has 0 saturated carbocycles. The van der Waals surface area contributed by atoms with E-state index in [0.717, 1.165) is 31.9 Å². The SMILES string of the molecule is COC(=O)c1ccc(Cl)c(NC(=O)c2cc(N3CCN(C)CC3)ccn2)c1. The Bertz CT molecular complexity index is 851. The molecule has 1 aliphatic rings. The summed E-state index contributed by atoms with van der Waals surface area (Å²) < 4.78 is 4.70. The van der Waals surface area contributed by atoms with Gasteiger partial charge in [-0.2, -0.15) is 0 Å². The number of aromatic nitrogens is 1. The maximum absolute atomic E-state index is 12.6. The molecule has 3 rings (SSSR count). The van der Waals surface area contributed by atoms with Crippen molar-refractivity contribution in [1.82, 2.24) is 9.88 Å². The largest absolute Gasteiger partial charge is 0.465 e. The van der Waals surface area contributed by atoms with E-state index in [9.17, 15) is 9.59 Å². The molecule has 142 valence electrons. The zero-order valence-electron chi connectivity index (χ0n) is 15.2. The fraction of sp³-hybridized carbons (Fsp3) is 0.316. The molecular formula is C19H21ClN4O3. The van der Waals surface area contributed by atoms with E-state index in [4.69, 9.17) is 16.3 Å². The van der Waals surface area contributed by atoms with Crippen LogP contribution in [0.3, 0.4) is 0 Å². The fourth-order valence-corrected chi connectivity index (χ4v) is 3.02. The minimum Gasteiger partial charge on any atom is -0.465 e. The molecule has 1 saturated heterocycles. The van der Waals surface area contributed by atoms with Crippen LogP contribution in [0.5, 0.6) is 0 Å². The number of carbonyl (C=O) groups excluding carboxylic acids is 2. The van der Waals surface area contributed by atoms with E-state index in [-0.39, 0.29) is 5.69 Å². The maximum atomic E-state index is 12.6. The van der Waals surface area contributed by atoms with Crippen molar-refractivity contribution in [2.24, 2.45) is 0 Å². The average molecular weight is 389 g/mol.